The number of fused-ring (bicyclic) bond motifs is 1. The second-order valence-electron chi connectivity index (χ2n) is 5.23. The molecule has 1 aliphatic carbocycles. The molecule has 0 amide bonds. The van der Waals surface area contributed by atoms with Crippen molar-refractivity contribution in [1.29, 1.82) is 0 Å². The van der Waals surface area contributed by atoms with Crippen LogP contribution in [0, 0.1) is 5.82 Å². The van der Waals surface area contributed by atoms with Gasteiger partial charge in [0.2, 0.25) is 0 Å². The van der Waals surface area contributed by atoms with Gasteiger partial charge in [0.1, 0.15) is 0 Å². The molecule has 20 heavy (non-hydrogen) atoms. The van der Waals surface area contributed by atoms with E-state index in [1.807, 2.05) is 12.1 Å². The van der Waals surface area contributed by atoms with E-state index in [-0.39, 0.29) is 23.5 Å². The molecule has 0 saturated carbocycles. The molecule has 3 rings (SSSR count). The van der Waals surface area contributed by atoms with Crippen LogP contribution in [0.15, 0.2) is 42.5 Å². The maximum absolute atomic E-state index is 14.3. The van der Waals surface area contributed by atoms with E-state index < -0.39 is 0 Å². The molecule has 2 nitrogen and oxygen atoms in total. The number of rotatable bonds is 3. The predicted octanol–water partition coefficient (Wildman–Crippen LogP) is 3.56. The van der Waals surface area contributed by atoms with Gasteiger partial charge in [0.25, 0.3) is 0 Å². The molecule has 0 aliphatic heterocycles. The number of nitrogens with two attached hydrogens (primary N) is 1. The second kappa shape index (κ2) is 5.25. The first kappa shape index (κ1) is 13.1. The predicted molar refractivity (Wildman–Crippen MR) is 77.4 cm³/mol. The van der Waals surface area contributed by atoms with E-state index in [0.29, 0.717) is 5.56 Å². The van der Waals surface area contributed by atoms with Crippen molar-refractivity contribution in [2.24, 2.45) is 5.73 Å². The first-order chi connectivity index (χ1) is 9.72. The highest BCUT2D eigenvalue weighted by Gasteiger charge is 2.30. The van der Waals surface area contributed by atoms with Crippen LogP contribution in [0.25, 0.3) is 0 Å². The van der Waals surface area contributed by atoms with Crippen LogP contribution in [0.2, 0.25) is 0 Å². The fourth-order valence-electron chi connectivity index (χ4n) is 3.12. The zero-order valence-corrected chi connectivity index (χ0v) is 11.5. The maximum atomic E-state index is 14.3. The van der Waals surface area contributed by atoms with Gasteiger partial charge >= 0.3 is 0 Å². The van der Waals surface area contributed by atoms with Crippen molar-refractivity contribution in [3.05, 3.63) is 65.0 Å². The molecule has 2 unspecified atom stereocenters. The number of methoxy groups -OCH3 is 1. The summed E-state index contributed by atoms with van der Waals surface area (Å²) in [5, 5.41) is 0. The van der Waals surface area contributed by atoms with Gasteiger partial charge in [-0.05, 0) is 30.0 Å². The molecule has 2 aromatic carbocycles. The van der Waals surface area contributed by atoms with Crippen LogP contribution >= 0.6 is 0 Å². The number of ether oxygens (including phenoxy) is 1. The average molecular weight is 271 g/mol. The third-order valence-corrected chi connectivity index (χ3v) is 4.18. The highest BCUT2D eigenvalue weighted by Crippen LogP contribution is 2.41. The molecule has 2 atom stereocenters. The zero-order chi connectivity index (χ0) is 14.1. The Kier molecular flexibility index (Phi) is 3.45. The van der Waals surface area contributed by atoms with Gasteiger partial charge in [-0.3, -0.25) is 0 Å². The lowest BCUT2D eigenvalue weighted by atomic mass is 9.88. The molecule has 2 N–H and O–H groups in total. The van der Waals surface area contributed by atoms with Crippen LogP contribution in [0.1, 0.15) is 35.1 Å². The molecule has 0 fully saturated rings. The van der Waals surface area contributed by atoms with Crippen molar-refractivity contribution >= 4 is 0 Å². The molecule has 2 aromatic rings. The first-order valence-corrected chi connectivity index (χ1v) is 6.88. The summed E-state index contributed by atoms with van der Waals surface area (Å²) < 4.78 is 19.4. The van der Waals surface area contributed by atoms with Gasteiger partial charge in [-0.2, -0.15) is 0 Å². The van der Waals surface area contributed by atoms with Gasteiger partial charge < -0.3 is 10.5 Å². The molecular weight excluding hydrogens is 253 g/mol. The summed E-state index contributed by atoms with van der Waals surface area (Å²) in [5.74, 6) is 0.0870. The summed E-state index contributed by atoms with van der Waals surface area (Å²) >= 11 is 0. The van der Waals surface area contributed by atoms with Gasteiger partial charge in [-0.1, -0.05) is 36.4 Å². The van der Waals surface area contributed by atoms with Gasteiger partial charge in [0, 0.05) is 17.5 Å². The Morgan fingerprint density at radius 2 is 2.00 bits per heavy atom. The third kappa shape index (κ3) is 2.08. The molecule has 3 heteroatoms. The quantitative estimate of drug-likeness (QED) is 0.926. The fourth-order valence-corrected chi connectivity index (χ4v) is 3.12. The summed E-state index contributed by atoms with van der Waals surface area (Å²) in [6.45, 7) is 0. The Balaban J connectivity index is 1.97. The Morgan fingerprint density at radius 3 is 2.80 bits per heavy atom. The minimum atomic E-state index is -0.341. The molecule has 0 radical (unpaired) electrons. The summed E-state index contributed by atoms with van der Waals surface area (Å²) in [6.07, 6.45) is 1.98. The Hall–Kier alpha value is -1.87. The van der Waals surface area contributed by atoms with Gasteiger partial charge in [0.05, 0.1) is 7.11 Å². The Bertz CT molecular complexity index is 626. The Labute approximate surface area is 118 Å². The van der Waals surface area contributed by atoms with E-state index in [2.05, 4.69) is 12.1 Å². The van der Waals surface area contributed by atoms with Gasteiger partial charge in [-0.15, -0.1) is 0 Å². The van der Waals surface area contributed by atoms with Crippen molar-refractivity contribution < 1.29 is 9.13 Å². The Morgan fingerprint density at radius 1 is 1.20 bits per heavy atom. The minimum absolute atomic E-state index is 0.174. The van der Waals surface area contributed by atoms with Crippen LogP contribution in [0.3, 0.4) is 0 Å². The summed E-state index contributed by atoms with van der Waals surface area (Å²) in [4.78, 5) is 0. The van der Waals surface area contributed by atoms with Crippen molar-refractivity contribution in [1.82, 2.24) is 0 Å². The lowest BCUT2D eigenvalue weighted by Gasteiger charge is -2.22. The van der Waals surface area contributed by atoms with E-state index in [0.717, 1.165) is 12.8 Å². The SMILES string of the molecule is COc1cccc(C(N)C2CCc3ccccc32)c1F. The van der Waals surface area contributed by atoms with Crippen LogP contribution in [0.4, 0.5) is 4.39 Å². The molecule has 104 valence electrons. The van der Waals surface area contributed by atoms with Crippen LogP contribution in [0.5, 0.6) is 5.75 Å². The second-order valence-corrected chi connectivity index (χ2v) is 5.23. The van der Waals surface area contributed by atoms with Gasteiger partial charge in [0.15, 0.2) is 11.6 Å². The number of hydrogen-bond acceptors (Lipinski definition) is 2. The molecular formula is C17H18FNO. The van der Waals surface area contributed by atoms with E-state index in [1.165, 1.54) is 18.2 Å². The number of hydrogen-bond donors (Lipinski definition) is 1. The first-order valence-electron chi connectivity index (χ1n) is 6.88. The molecule has 0 bridgehead atoms. The van der Waals surface area contributed by atoms with Crippen LogP contribution < -0.4 is 10.5 Å². The summed E-state index contributed by atoms with van der Waals surface area (Å²) in [7, 11) is 1.47. The minimum Gasteiger partial charge on any atom is -0.494 e. The lowest BCUT2D eigenvalue weighted by Crippen LogP contribution is -2.19. The third-order valence-electron chi connectivity index (χ3n) is 4.18. The lowest BCUT2D eigenvalue weighted by molar-refractivity contribution is 0.380. The largest absolute Gasteiger partial charge is 0.494 e. The van der Waals surface area contributed by atoms with Crippen molar-refractivity contribution in [3.63, 3.8) is 0 Å². The van der Waals surface area contributed by atoms with Crippen LogP contribution in [-0.2, 0) is 6.42 Å². The highest BCUT2D eigenvalue weighted by molar-refractivity contribution is 5.40. The monoisotopic (exact) mass is 271 g/mol. The zero-order valence-electron chi connectivity index (χ0n) is 11.5. The molecule has 0 aromatic heterocycles. The van der Waals surface area contributed by atoms with Crippen LogP contribution in [-0.4, -0.2) is 7.11 Å². The van der Waals surface area contributed by atoms with E-state index in [1.54, 1.807) is 18.2 Å². The standard InChI is InChI=1S/C17H18FNO/c1-20-15-8-4-7-14(16(15)18)17(19)13-10-9-11-5-2-3-6-12(11)13/h2-8,13,17H,9-10,19H2,1H3. The maximum Gasteiger partial charge on any atom is 0.169 e. The fraction of sp³-hybridized carbons (Fsp3) is 0.294. The van der Waals surface area contributed by atoms with Crippen molar-refractivity contribution in [3.8, 4) is 5.75 Å². The molecule has 0 spiro atoms. The molecule has 0 saturated heterocycles. The topological polar surface area (TPSA) is 35.2 Å². The van der Waals surface area contributed by atoms with E-state index in [9.17, 15) is 4.39 Å². The number of aryl methyl sites for hydroxylation is 1. The summed E-state index contributed by atoms with van der Waals surface area (Å²) in [5.41, 5.74) is 9.46. The normalized spacial score (nSPS) is 18.6. The van der Waals surface area contributed by atoms with Crippen molar-refractivity contribution in [2.75, 3.05) is 7.11 Å². The van der Waals surface area contributed by atoms with Gasteiger partial charge in [-0.25, -0.2) is 4.39 Å². The number of benzene rings is 2. The summed E-state index contributed by atoms with van der Waals surface area (Å²) in [6, 6.07) is 13.1. The molecule has 0 heterocycles. The average Bonchev–Trinajstić information content (AvgIpc) is 2.91. The highest BCUT2D eigenvalue weighted by atomic mass is 19.1. The van der Waals surface area contributed by atoms with E-state index >= 15 is 0 Å². The number of halogens is 1. The molecule has 1 aliphatic rings. The smallest absolute Gasteiger partial charge is 0.169 e. The van der Waals surface area contributed by atoms with E-state index in [4.69, 9.17) is 10.5 Å². The van der Waals surface area contributed by atoms with Crippen molar-refractivity contribution in [2.45, 2.75) is 24.8 Å².